The van der Waals surface area contributed by atoms with Crippen LogP contribution in [0.15, 0.2) is 12.2 Å². The predicted octanol–water partition coefficient (Wildman–Crippen LogP) is 11.8. The number of methoxy groups -OCH3 is 2. The van der Waals surface area contributed by atoms with Crippen molar-refractivity contribution >= 4 is 41.2 Å². The molecule has 11 atom stereocenters. The van der Waals surface area contributed by atoms with E-state index in [0.29, 0.717) is 25.7 Å². The molecule has 0 bridgehead atoms. The highest BCUT2D eigenvalue weighted by molar-refractivity contribution is 7.91. The van der Waals surface area contributed by atoms with E-state index in [2.05, 4.69) is 49.7 Å². The van der Waals surface area contributed by atoms with Crippen LogP contribution < -0.4 is 5.32 Å². The van der Waals surface area contributed by atoms with E-state index in [1.54, 1.807) is 7.11 Å². The molecule has 94 heavy (non-hydrogen) atoms. The van der Waals surface area contributed by atoms with Gasteiger partial charge >= 0.3 is 15.6 Å². The number of rotatable bonds is 63. The second-order valence-corrected chi connectivity index (χ2v) is 32.5. The number of aliphatic hydroxyl groups excluding tert-OH is 1. The SMILES string of the molecule is CCCCCC/C=C\CCCCCCCCCC(=O)N[C@H]1[C@H](OC[C@H]2O[C@H](OCCOP(=O)(O)O)[C@H](OCCS(=O)(=O)CCCCCCCCC)[C@@H](OCCS(=O)(=O)CCCCCCCCC)[C@@H]2O)O[C@H](COC)[C@@H](OP(=O)(O)O)[C@@H]1OCC[C@@H](CCCCCCC)OC. The van der Waals surface area contributed by atoms with Crippen molar-refractivity contribution in [2.45, 2.75) is 320 Å². The number of ether oxygens (including phenoxy) is 9. The molecular weight excluding hydrogens is 1300 g/mol. The third-order valence-corrected chi connectivity index (χ3v) is 21.6. The number of hydrogen-bond acceptors (Lipinski definition) is 19. The zero-order chi connectivity index (χ0) is 69.4. The van der Waals surface area contributed by atoms with Crippen LogP contribution in [0.1, 0.15) is 252 Å². The van der Waals surface area contributed by atoms with E-state index >= 15 is 0 Å². The van der Waals surface area contributed by atoms with Crippen LogP contribution in [0.4, 0.5) is 0 Å². The summed E-state index contributed by atoms with van der Waals surface area (Å²) in [6.45, 7) is 5.59. The molecule has 558 valence electrons. The summed E-state index contributed by atoms with van der Waals surface area (Å²) < 4.78 is 144. The Kier molecular flexibility index (Phi) is 50.9. The van der Waals surface area contributed by atoms with Crippen LogP contribution in [-0.2, 0) is 85.3 Å². The van der Waals surface area contributed by atoms with Crippen molar-refractivity contribution < 1.29 is 107 Å². The lowest BCUT2D eigenvalue weighted by Gasteiger charge is -2.47. The highest BCUT2D eigenvalue weighted by Gasteiger charge is 2.53. The van der Waals surface area contributed by atoms with Gasteiger partial charge in [-0.05, 0) is 57.8 Å². The monoisotopic (exact) mass is 1430 g/mol. The summed E-state index contributed by atoms with van der Waals surface area (Å²) in [5.74, 6) is -1.53. The summed E-state index contributed by atoms with van der Waals surface area (Å²) in [5.41, 5.74) is 0. The van der Waals surface area contributed by atoms with E-state index in [0.717, 1.165) is 167 Å². The number of carbonyl (C=O) groups is 1. The largest absolute Gasteiger partial charge is 0.470 e. The number of aliphatic hydroxyl groups is 1. The third-order valence-electron chi connectivity index (χ3n) is 17.1. The minimum Gasteiger partial charge on any atom is -0.387 e. The standard InChI is InChI=1S/C66H129NO23P2S2/c1-7-11-15-19-22-23-24-25-26-27-28-29-30-34-38-42-58(68)67-59-62(82-44-43-55(81-6)41-37-33-18-14-10-4)61(90-92(73,74)75)57(53-80-5)89-65(59)86-54-56-60(69)63(83-47-51-93(76,77)49-39-35-31-20-16-12-8-2)64(66(88-56)85-45-46-87-91(70,71)72)84-48-52-94(78,79)50-40-36-32-21-17-13-9-3/h23-24,55-57,59-66,69H,7-22,25-54H2,1-6H3,(H,67,68)(H2,70,71,72)(H2,73,74,75)/b24-23-/t55-,56-,57-,59-,60-,61-,62-,63+,64-,65-,66+/m1/s1. The van der Waals surface area contributed by atoms with Gasteiger partial charge in [-0.3, -0.25) is 13.8 Å². The molecule has 0 aromatic heterocycles. The summed E-state index contributed by atoms with van der Waals surface area (Å²) >= 11 is 0. The van der Waals surface area contributed by atoms with Crippen LogP contribution in [0.2, 0.25) is 0 Å². The zero-order valence-electron chi connectivity index (χ0n) is 58.3. The van der Waals surface area contributed by atoms with Gasteiger partial charge in [0.15, 0.2) is 32.3 Å². The van der Waals surface area contributed by atoms with Crippen molar-refractivity contribution in [3.63, 3.8) is 0 Å². The fraction of sp³-hybridized carbons (Fsp3) is 0.955. The highest BCUT2D eigenvalue weighted by Crippen LogP contribution is 2.43. The van der Waals surface area contributed by atoms with E-state index in [4.69, 9.17) is 47.2 Å². The van der Waals surface area contributed by atoms with Crippen molar-refractivity contribution in [1.29, 1.82) is 0 Å². The second-order valence-electron chi connectivity index (χ2n) is 25.4. The van der Waals surface area contributed by atoms with Gasteiger partial charge in [-0.2, -0.15) is 0 Å². The number of nitrogens with one attached hydrogen (secondary N) is 1. The van der Waals surface area contributed by atoms with Crippen LogP contribution in [0.5, 0.6) is 0 Å². The first-order valence-electron chi connectivity index (χ1n) is 35.9. The fourth-order valence-corrected chi connectivity index (χ4v) is 15.0. The van der Waals surface area contributed by atoms with Crippen LogP contribution in [-0.4, -0.2) is 198 Å². The van der Waals surface area contributed by atoms with Gasteiger partial charge in [0, 0.05) is 27.2 Å². The molecule has 0 radical (unpaired) electrons. The number of hydrogen-bond donors (Lipinski definition) is 6. The lowest BCUT2D eigenvalue weighted by atomic mass is 9.95. The number of phosphoric ester groups is 2. The topological polar surface area (TPSA) is 334 Å². The smallest absolute Gasteiger partial charge is 0.387 e. The van der Waals surface area contributed by atoms with Gasteiger partial charge < -0.3 is 72.6 Å². The Morgan fingerprint density at radius 1 is 0.479 bits per heavy atom. The van der Waals surface area contributed by atoms with Crippen molar-refractivity contribution in [3.8, 4) is 0 Å². The van der Waals surface area contributed by atoms with E-state index in [1.807, 2.05) is 0 Å². The van der Waals surface area contributed by atoms with E-state index in [9.17, 15) is 55.4 Å². The van der Waals surface area contributed by atoms with E-state index in [-0.39, 0.29) is 37.2 Å². The minimum atomic E-state index is -5.30. The molecule has 0 saturated carbocycles. The number of carbonyl (C=O) groups excluding carboxylic acids is 1. The molecule has 1 amide bonds. The fourth-order valence-electron chi connectivity index (χ4n) is 11.7. The molecular formula is C66H129NO23P2S2. The van der Waals surface area contributed by atoms with E-state index in [1.165, 1.54) is 32.8 Å². The molecule has 2 rings (SSSR count). The Bertz CT molecular complexity index is 2230. The van der Waals surface area contributed by atoms with Gasteiger partial charge in [-0.25, -0.2) is 26.0 Å². The third kappa shape index (κ3) is 43.6. The average molecular weight is 1430 g/mol. The number of unbranched alkanes of at least 4 members (excludes halogenated alkanes) is 27. The van der Waals surface area contributed by atoms with E-state index < -0.39 is 147 Å². The zero-order valence-corrected chi connectivity index (χ0v) is 61.7. The lowest BCUT2D eigenvalue weighted by molar-refractivity contribution is -0.330. The molecule has 28 heteroatoms. The molecule has 2 aliphatic rings. The molecule has 2 saturated heterocycles. The second kappa shape index (κ2) is 53.7. The van der Waals surface area contributed by atoms with Crippen LogP contribution >= 0.6 is 15.6 Å². The first kappa shape index (κ1) is 89.0. The number of allylic oxidation sites excluding steroid dienone is 2. The Labute approximate surface area is 566 Å². The Hall–Kier alpha value is -1.07. The quantitative estimate of drug-likeness (QED) is 0.0187. The molecule has 2 aliphatic heterocycles. The van der Waals surface area contributed by atoms with Crippen LogP contribution in [0, 0.1) is 0 Å². The molecule has 0 spiro atoms. The van der Waals surface area contributed by atoms with Crippen LogP contribution in [0.3, 0.4) is 0 Å². The summed E-state index contributed by atoms with van der Waals surface area (Å²) in [6.07, 6.45) is 23.5. The Morgan fingerprint density at radius 3 is 1.46 bits per heavy atom. The molecule has 0 aliphatic carbocycles. The molecule has 24 nitrogen and oxygen atoms in total. The molecule has 0 aromatic rings. The number of sulfone groups is 2. The summed E-state index contributed by atoms with van der Waals surface area (Å²) in [4.78, 5) is 53.9. The normalized spacial score (nSPS) is 22.8. The molecule has 2 fully saturated rings. The minimum absolute atomic E-state index is 0.0158. The van der Waals surface area contributed by atoms with Gasteiger partial charge in [0.05, 0.1) is 68.8 Å². The predicted molar refractivity (Wildman–Crippen MR) is 365 cm³/mol. The summed E-state index contributed by atoms with van der Waals surface area (Å²) in [5, 5.41) is 15.4. The van der Waals surface area contributed by atoms with Crippen molar-refractivity contribution in [3.05, 3.63) is 12.2 Å². The van der Waals surface area contributed by atoms with Gasteiger partial charge in [0.2, 0.25) is 5.91 Å². The maximum absolute atomic E-state index is 14.2. The lowest BCUT2D eigenvalue weighted by Crippen LogP contribution is -2.67. The Balaban J connectivity index is 2.56. The first-order valence-corrected chi connectivity index (χ1v) is 42.6. The molecule has 0 aromatic carbocycles. The molecule has 6 N–H and O–H groups in total. The number of amides is 1. The first-order chi connectivity index (χ1) is 45.0. The van der Waals surface area contributed by atoms with Gasteiger partial charge in [-0.15, -0.1) is 0 Å². The number of phosphoric acid groups is 2. The Morgan fingerprint density at radius 2 is 0.947 bits per heavy atom. The van der Waals surface area contributed by atoms with Crippen molar-refractivity contribution in [2.75, 3.05) is 83.5 Å². The van der Waals surface area contributed by atoms with Crippen molar-refractivity contribution in [2.24, 2.45) is 0 Å². The maximum Gasteiger partial charge on any atom is 0.470 e. The maximum atomic E-state index is 14.2. The summed E-state index contributed by atoms with van der Waals surface area (Å²) in [7, 11) is -14.7. The van der Waals surface area contributed by atoms with Gasteiger partial charge in [0.1, 0.15) is 48.8 Å². The van der Waals surface area contributed by atoms with Crippen molar-refractivity contribution in [1.82, 2.24) is 5.32 Å². The highest BCUT2D eigenvalue weighted by atomic mass is 32.2. The summed E-state index contributed by atoms with van der Waals surface area (Å²) in [6, 6.07) is -1.34. The molecule has 2 heterocycles. The van der Waals surface area contributed by atoms with Crippen LogP contribution in [0.25, 0.3) is 0 Å². The van der Waals surface area contributed by atoms with Gasteiger partial charge in [-0.1, -0.05) is 200 Å². The van der Waals surface area contributed by atoms with Gasteiger partial charge in [0.25, 0.3) is 0 Å². The molecule has 0 unspecified atom stereocenters. The average Bonchev–Trinajstić information content (AvgIpc) is 0.793.